The van der Waals surface area contributed by atoms with Crippen molar-refractivity contribution >= 4 is 15.7 Å². The number of furan rings is 1. The summed E-state index contributed by atoms with van der Waals surface area (Å²) in [6.45, 7) is 3.41. The molecule has 1 rings (SSSR count). The number of sulfone groups is 1. The topological polar surface area (TPSA) is 76.4 Å². The van der Waals surface area contributed by atoms with Crippen molar-refractivity contribution < 1.29 is 17.6 Å². The van der Waals surface area contributed by atoms with Crippen molar-refractivity contribution in [3.8, 4) is 0 Å². The summed E-state index contributed by atoms with van der Waals surface area (Å²) in [5.41, 5.74) is 0. The summed E-state index contributed by atoms with van der Waals surface area (Å²) in [5, 5.41) is 1.95. The van der Waals surface area contributed by atoms with E-state index in [0.29, 0.717) is 5.76 Å². The van der Waals surface area contributed by atoms with Crippen molar-refractivity contribution in [2.24, 2.45) is 5.92 Å². The molecule has 0 aliphatic rings. The Morgan fingerprint density at radius 3 is 2.59 bits per heavy atom. The van der Waals surface area contributed by atoms with Crippen molar-refractivity contribution in [3.63, 3.8) is 0 Å². The molecule has 0 aliphatic carbocycles. The standard InChI is InChI=1S/C11H17NO4S/c1-8(9(2)17(3,14)15)11(13)12-7-10-5-4-6-16-10/h4-6,8-9H,7H2,1-3H3,(H,12,13)/t8-,9-/m0/s1. The van der Waals surface area contributed by atoms with E-state index >= 15 is 0 Å². The second-order valence-electron chi connectivity index (χ2n) is 4.12. The minimum absolute atomic E-state index is 0.270. The van der Waals surface area contributed by atoms with Crippen LogP contribution in [0.5, 0.6) is 0 Å². The van der Waals surface area contributed by atoms with Crippen LogP contribution >= 0.6 is 0 Å². The van der Waals surface area contributed by atoms with Crippen LogP contribution in [0, 0.1) is 5.92 Å². The molecule has 17 heavy (non-hydrogen) atoms. The predicted molar refractivity (Wildman–Crippen MR) is 64.0 cm³/mol. The summed E-state index contributed by atoms with van der Waals surface area (Å²) in [5.74, 6) is -0.239. The first-order valence-electron chi connectivity index (χ1n) is 5.31. The predicted octanol–water partition coefficient (Wildman–Crippen LogP) is 0.965. The van der Waals surface area contributed by atoms with Crippen molar-refractivity contribution in [1.82, 2.24) is 5.32 Å². The zero-order valence-corrected chi connectivity index (χ0v) is 11.0. The number of hydrogen-bond donors (Lipinski definition) is 1. The lowest BCUT2D eigenvalue weighted by atomic mass is 10.1. The van der Waals surface area contributed by atoms with Crippen molar-refractivity contribution in [3.05, 3.63) is 24.2 Å². The normalized spacial score (nSPS) is 15.2. The van der Waals surface area contributed by atoms with Gasteiger partial charge in [0.2, 0.25) is 5.91 Å². The van der Waals surface area contributed by atoms with Crippen LogP contribution in [0.1, 0.15) is 19.6 Å². The number of nitrogens with one attached hydrogen (secondary N) is 1. The smallest absolute Gasteiger partial charge is 0.224 e. The van der Waals surface area contributed by atoms with Gasteiger partial charge in [0.1, 0.15) is 5.76 Å². The molecule has 1 heterocycles. The molecule has 0 saturated carbocycles. The lowest BCUT2D eigenvalue weighted by molar-refractivity contribution is -0.124. The molecular formula is C11H17NO4S. The van der Waals surface area contributed by atoms with E-state index in [-0.39, 0.29) is 12.5 Å². The van der Waals surface area contributed by atoms with E-state index in [1.54, 1.807) is 19.1 Å². The first kappa shape index (κ1) is 13.8. The van der Waals surface area contributed by atoms with Gasteiger partial charge >= 0.3 is 0 Å². The van der Waals surface area contributed by atoms with Crippen LogP contribution in [0.2, 0.25) is 0 Å². The van der Waals surface area contributed by atoms with Gasteiger partial charge in [0.15, 0.2) is 9.84 Å². The lowest BCUT2D eigenvalue weighted by Crippen LogP contribution is -2.37. The Balaban J connectivity index is 2.53. The van der Waals surface area contributed by atoms with Crippen LogP contribution < -0.4 is 5.32 Å². The van der Waals surface area contributed by atoms with Gasteiger partial charge in [-0.25, -0.2) is 8.42 Å². The quantitative estimate of drug-likeness (QED) is 0.854. The minimum atomic E-state index is -3.20. The second-order valence-corrected chi connectivity index (χ2v) is 6.52. The van der Waals surface area contributed by atoms with E-state index < -0.39 is 21.0 Å². The molecule has 96 valence electrons. The van der Waals surface area contributed by atoms with Gasteiger partial charge in [-0.1, -0.05) is 6.92 Å². The molecule has 0 radical (unpaired) electrons. The van der Waals surface area contributed by atoms with Gasteiger partial charge in [0, 0.05) is 6.26 Å². The lowest BCUT2D eigenvalue weighted by Gasteiger charge is -2.17. The van der Waals surface area contributed by atoms with Crippen LogP contribution in [0.25, 0.3) is 0 Å². The number of carbonyl (C=O) groups is 1. The summed E-state index contributed by atoms with van der Waals surface area (Å²) in [7, 11) is -3.20. The molecule has 0 saturated heterocycles. The van der Waals surface area contributed by atoms with Crippen molar-refractivity contribution in [2.75, 3.05) is 6.26 Å². The largest absolute Gasteiger partial charge is 0.467 e. The molecular weight excluding hydrogens is 242 g/mol. The molecule has 1 N–H and O–H groups in total. The molecule has 1 amide bonds. The molecule has 0 bridgehead atoms. The average molecular weight is 259 g/mol. The minimum Gasteiger partial charge on any atom is -0.467 e. The van der Waals surface area contributed by atoms with Gasteiger partial charge in [0.25, 0.3) is 0 Å². The number of rotatable bonds is 5. The van der Waals surface area contributed by atoms with Gasteiger partial charge in [-0.3, -0.25) is 4.79 Å². The molecule has 0 spiro atoms. The fourth-order valence-corrected chi connectivity index (χ4v) is 2.20. The molecule has 0 aliphatic heterocycles. The van der Waals surface area contributed by atoms with Gasteiger partial charge < -0.3 is 9.73 Å². The third-order valence-electron chi connectivity index (χ3n) is 2.81. The summed E-state index contributed by atoms with van der Waals surface area (Å²) in [6.07, 6.45) is 2.65. The Bertz CT molecular complexity index is 464. The Morgan fingerprint density at radius 2 is 2.12 bits per heavy atom. The third-order valence-corrected chi connectivity index (χ3v) is 4.57. The maximum absolute atomic E-state index is 11.7. The zero-order valence-electron chi connectivity index (χ0n) is 10.1. The van der Waals surface area contributed by atoms with Crippen molar-refractivity contribution in [1.29, 1.82) is 0 Å². The SMILES string of the molecule is C[C@H](C(=O)NCc1ccco1)[C@H](C)S(C)(=O)=O. The summed E-state index contributed by atoms with van der Waals surface area (Å²) in [6, 6.07) is 3.47. The molecule has 1 aromatic heterocycles. The molecule has 6 heteroatoms. The number of amides is 1. The van der Waals surface area contributed by atoms with E-state index in [0.717, 1.165) is 6.26 Å². The summed E-state index contributed by atoms with van der Waals surface area (Å²) >= 11 is 0. The van der Waals surface area contributed by atoms with E-state index in [1.165, 1.54) is 13.2 Å². The molecule has 5 nitrogen and oxygen atoms in total. The fourth-order valence-electron chi connectivity index (χ4n) is 1.33. The van der Waals surface area contributed by atoms with Crippen LogP contribution in [0.15, 0.2) is 22.8 Å². The fraction of sp³-hybridized carbons (Fsp3) is 0.545. The highest BCUT2D eigenvalue weighted by Crippen LogP contribution is 2.11. The maximum Gasteiger partial charge on any atom is 0.224 e. The van der Waals surface area contributed by atoms with E-state index in [1.807, 2.05) is 0 Å². The third kappa shape index (κ3) is 3.89. The zero-order chi connectivity index (χ0) is 13.1. The van der Waals surface area contributed by atoms with Crippen molar-refractivity contribution in [2.45, 2.75) is 25.6 Å². The maximum atomic E-state index is 11.7. The average Bonchev–Trinajstić information content (AvgIpc) is 2.75. The van der Waals surface area contributed by atoms with Crippen LogP contribution in [-0.4, -0.2) is 25.8 Å². The monoisotopic (exact) mass is 259 g/mol. The Labute approximate surface area is 101 Å². The van der Waals surface area contributed by atoms with Gasteiger partial charge in [-0.15, -0.1) is 0 Å². The highest BCUT2D eigenvalue weighted by atomic mass is 32.2. The van der Waals surface area contributed by atoms with E-state index in [9.17, 15) is 13.2 Å². The van der Waals surface area contributed by atoms with Gasteiger partial charge in [0.05, 0.1) is 24.0 Å². The molecule has 0 fully saturated rings. The van der Waals surface area contributed by atoms with Crippen LogP contribution in [-0.2, 0) is 21.2 Å². The first-order chi connectivity index (χ1) is 7.82. The van der Waals surface area contributed by atoms with E-state index in [4.69, 9.17) is 4.42 Å². The van der Waals surface area contributed by atoms with Gasteiger partial charge in [-0.05, 0) is 19.1 Å². The highest BCUT2D eigenvalue weighted by Gasteiger charge is 2.27. The molecule has 0 unspecified atom stereocenters. The van der Waals surface area contributed by atoms with Crippen LogP contribution in [0.3, 0.4) is 0 Å². The van der Waals surface area contributed by atoms with Crippen LogP contribution in [0.4, 0.5) is 0 Å². The van der Waals surface area contributed by atoms with Gasteiger partial charge in [-0.2, -0.15) is 0 Å². The molecule has 0 aromatic carbocycles. The molecule has 2 atom stereocenters. The summed E-state index contributed by atoms with van der Waals surface area (Å²) < 4.78 is 27.7. The first-order valence-corrected chi connectivity index (χ1v) is 7.26. The number of carbonyl (C=O) groups excluding carboxylic acids is 1. The summed E-state index contributed by atoms with van der Waals surface area (Å²) in [4.78, 5) is 11.7. The Morgan fingerprint density at radius 1 is 1.47 bits per heavy atom. The second kappa shape index (κ2) is 5.35. The molecule has 1 aromatic rings. The highest BCUT2D eigenvalue weighted by molar-refractivity contribution is 7.91. The Kier molecular flexibility index (Phi) is 4.34. The Hall–Kier alpha value is -1.30. The van der Waals surface area contributed by atoms with E-state index in [2.05, 4.69) is 5.32 Å². The number of hydrogen-bond acceptors (Lipinski definition) is 4.